The lowest BCUT2D eigenvalue weighted by Crippen LogP contribution is -2.27. The summed E-state index contributed by atoms with van der Waals surface area (Å²) in [7, 11) is 0. The molecule has 1 rings (SSSR count). The number of amides is 1. The number of nitrogen functional groups attached to an aromatic ring is 1. The van der Waals surface area contributed by atoms with Gasteiger partial charge in [-0.15, -0.1) is 0 Å². The van der Waals surface area contributed by atoms with Crippen LogP contribution in [0.5, 0.6) is 0 Å². The van der Waals surface area contributed by atoms with Crippen LogP contribution in [0.3, 0.4) is 0 Å². The summed E-state index contributed by atoms with van der Waals surface area (Å²) in [5, 5.41) is 2.83. The zero-order chi connectivity index (χ0) is 12.0. The van der Waals surface area contributed by atoms with E-state index in [1.54, 1.807) is 12.3 Å². The first kappa shape index (κ1) is 12.4. The molecule has 0 aromatic carbocycles. The summed E-state index contributed by atoms with van der Waals surface area (Å²) in [5.74, 6) is 5.73. The van der Waals surface area contributed by atoms with Gasteiger partial charge < -0.3 is 10.7 Å². The molecule has 16 heavy (non-hydrogen) atoms. The maximum atomic E-state index is 11.8. The summed E-state index contributed by atoms with van der Waals surface area (Å²) in [6.45, 7) is 4.89. The molecule has 1 aromatic rings. The minimum Gasteiger partial charge on any atom is -0.352 e. The van der Waals surface area contributed by atoms with Crippen molar-refractivity contribution < 1.29 is 4.79 Å². The van der Waals surface area contributed by atoms with Crippen LogP contribution < -0.4 is 16.6 Å². The highest BCUT2D eigenvalue weighted by atomic mass is 16.1. The fourth-order valence-corrected chi connectivity index (χ4v) is 1.27. The molecule has 0 radical (unpaired) electrons. The third-order valence-corrected chi connectivity index (χ3v) is 2.23. The second kappa shape index (κ2) is 6.07. The highest BCUT2D eigenvalue weighted by Gasteiger charge is 2.10. The van der Waals surface area contributed by atoms with E-state index in [9.17, 15) is 4.79 Å². The van der Waals surface area contributed by atoms with E-state index in [-0.39, 0.29) is 5.91 Å². The lowest BCUT2D eigenvalue weighted by molar-refractivity contribution is 0.0952. The summed E-state index contributed by atoms with van der Waals surface area (Å²) in [5.41, 5.74) is 3.52. The molecule has 5 heteroatoms. The molecule has 0 unspecified atom stereocenters. The zero-order valence-corrected chi connectivity index (χ0v) is 9.66. The van der Waals surface area contributed by atoms with Crippen LogP contribution in [0.4, 0.5) is 5.69 Å². The number of carbonyl (C=O) groups excluding carboxylic acids is 1. The lowest BCUT2D eigenvalue weighted by atomic mass is 10.1. The number of nitrogens with zero attached hydrogens (tertiary/aromatic N) is 1. The molecule has 0 aliphatic rings. The van der Waals surface area contributed by atoms with E-state index in [1.165, 1.54) is 6.20 Å². The highest BCUT2D eigenvalue weighted by molar-refractivity contribution is 5.99. The predicted octanol–water partition coefficient (Wildman–Crippen LogP) is 1.14. The van der Waals surface area contributed by atoms with E-state index < -0.39 is 0 Å². The average molecular weight is 222 g/mol. The fourth-order valence-electron chi connectivity index (χ4n) is 1.27. The smallest absolute Gasteiger partial charge is 0.255 e. The van der Waals surface area contributed by atoms with Gasteiger partial charge in [-0.2, -0.15) is 0 Å². The number of rotatable bonds is 5. The maximum absolute atomic E-state index is 11.8. The number of hydrazine groups is 1. The largest absolute Gasteiger partial charge is 0.352 e. The van der Waals surface area contributed by atoms with Crippen molar-refractivity contribution in [1.29, 1.82) is 0 Å². The number of nitrogens with two attached hydrogens (primary N) is 1. The van der Waals surface area contributed by atoms with E-state index >= 15 is 0 Å². The molecule has 0 atom stereocenters. The Bertz CT molecular complexity index is 352. The van der Waals surface area contributed by atoms with Gasteiger partial charge in [-0.1, -0.05) is 13.8 Å². The normalized spacial score (nSPS) is 10.2. The predicted molar refractivity (Wildman–Crippen MR) is 63.8 cm³/mol. The molecular weight excluding hydrogens is 204 g/mol. The summed E-state index contributed by atoms with van der Waals surface area (Å²) in [4.78, 5) is 15.7. The van der Waals surface area contributed by atoms with Crippen molar-refractivity contribution >= 4 is 11.6 Å². The van der Waals surface area contributed by atoms with E-state index in [1.807, 2.05) is 0 Å². The van der Waals surface area contributed by atoms with E-state index in [2.05, 4.69) is 29.6 Å². The summed E-state index contributed by atoms with van der Waals surface area (Å²) in [6.07, 6.45) is 4.04. The van der Waals surface area contributed by atoms with Crippen LogP contribution in [-0.2, 0) is 0 Å². The molecule has 1 heterocycles. The van der Waals surface area contributed by atoms with E-state index in [0.29, 0.717) is 23.7 Å². The van der Waals surface area contributed by atoms with Gasteiger partial charge in [-0.3, -0.25) is 15.6 Å². The molecule has 0 aliphatic carbocycles. The number of nitrogens with one attached hydrogen (secondary N) is 2. The number of hydrogen-bond donors (Lipinski definition) is 3. The Hall–Kier alpha value is -1.62. The Morgan fingerprint density at radius 3 is 2.94 bits per heavy atom. The van der Waals surface area contributed by atoms with Crippen LogP contribution in [0, 0.1) is 5.92 Å². The molecule has 0 spiro atoms. The van der Waals surface area contributed by atoms with Crippen molar-refractivity contribution in [3.05, 3.63) is 24.0 Å². The quantitative estimate of drug-likeness (QED) is 0.515. The molecule has 88 valence electrons. The van der Waals surface area contributed by atoms with Gasteiger partial charge in [0.1, 0.15) is 0 Å². The van der Waals surface area contributed by atoms with Gasteiger partial charge in [-0.05, 0) is 18.4 Å². The van der Waals surface area contributed by atoms with Crippen LogP contribution >= 0.6 is 0 Å². The number of aromatic nitrogens is 1. The molecule has 0 saturated heterocycles. The average Bonchev–Trinajstić information content (AvgIpc) is 2.28. The van der Waals surface area contributed by atoms with Gasteiger partial charge in [0.05, 0.1) is 11.3 Å². The summed E-state index contributed by atoms with van der Waals surface area (Å²) < 4.78 is 0. The Kier molecular flexibility index (Phi) is 4.72. The van der Waals surface area contributed by atoms with Crippen molar-refractivity contribution in [3.63, 3.8) is 0 Å². The molecule has 4 N–H and O–H groups in total. The Morgan fingerprint density at radius 1 is 1.56 bits per heavy atom. The monoisotopic (exact) mass is 222 g/mol. The molecule has 1 amide bonds. The van der Waals surface area contributed by atoms with Gasteiger partial charge in [0, 0.05) is 18.9 Å². The molecule has 0 saturated carbocycles. The SMILES string of the molecule is CC(C)CCNC(=O)c1cnccc1NN. The van der Waals surface area contributed by atoms with E-state index in [4.69, 9.17) is 5.84 Å². The molecule has 1 aromatic heterocycles. The second-order valence-corrected chi connectivity index (χ2v) is 4.00. The lowest BCUT2D eigenvalue weighted by Gasteiger charge is -2.09. The second-order valence-electron chi connectivity index (χ2n) is 4.00. The first-order chi connectivity index (χ1) is 7.65. The molecular formula is C11H18N4O. The van der Waals surface area contributed by atoms with Crippen molar-refractivity contribution in [2.24, 2.45) is 11.8 Å². The fraction of sp³-hybridized carbons (Fsp3) is 0.455. The summed E-state index contributed by atoms with van der Waals surface area (Å²) >= 11 is 0. The molecule has 5 nitrogen and oxygen atoms in total. The third-order valence-electron chi connectivity index (χ3n) is 2.23. The van der Waals surface area contributed by atoms with Crippen molar-refractivity contribution in [3.8, 4) is 0 Å². The zero-order valence-electron chi connectivity index (χ0n) is 9.66. The Balaban J connectivity index is 2.59. The molecule has 0 bridgehead atoms. The highest BCUT2D eigenvalue weighted by Crippen LogP contribution is 2.11. The van der Waals surface area contributed by atoms with Crippen LogP contribution in [0.1, 0.15) is 30.6 Å². The Labute approximate surface area is 95.4 Å². The van der Waals surface area contributed by atoms with E-state index in [0.717, 1.165) is 6.42 Å². The van der Waals surface area contributed by atoms with Crippen LogP contribution in [0.25, 0.3) is 0 Å². The molecule has 0 fully saturated rings. The number of anilines is 1. The first-order valence-corrected chi connectivity index (χ1v) is 5.34. The maximum Gasteiger partial charge on any atom is 0.255 e. The summed E-state index contributed by atoms with van der Waals surface area (Å²) in [6, 6.07) is 1.66. The van der Waals surface area contributed by atoms with Gasteiger partial charge in [0.15, 0.2) is 0 Å². The van der Waals surface area contributed by atoms with Crippen LogP contribution in [0.2, 0.25) is 0 Å². The van der Waals surface area contributed by atoms with Gasteiger partial charge in [0.2, 0.25) is 0 Å². The third kappa shape index (κ3) is 3.51. The van der Waals surface area contributed by atoms with Gasteiger partial charge in [0.25, 0.3) is 5.91 Å². The van der Waals surface area contributed by atoms with Gasteiger partial charge >= 0.3 is 0 Å². The number of hydrogen-bond acceptors (Lipinski definition) is 4. The Morgan fingerprint density at radius 2 is 2.31 bits per heavy atom. The molecule has 0 aliphatic heterocycles. The van der Waals surface area contributed by atoms with Crippen molar-refractivity contribution in [2.75, 3.05) is 12.0 Å². The van der Waals surface area contributed by atoms with Crippen molar-refractivity contribution in [2.45, 2.75) is 20.3 Å². The standard InChI is InChI=1S/C11H18N4O/c1-8(2)3-6-14-11(16)9-7-13-5-4-10(9)15-12/h4-5,7-8H,3,6,12H2,1-2H3,(H,13,15)(H,14,16). The van der Waals surface area contributed by atoms with Crippen LogP contribution in [-0.4, -0.2) is 17.4 Å². The van der Waals surface area contributed by atoms with Crippen LogP contribution in [0.15, 0.2) is 18.5 Å². The number of pyridine rings is 1. The van der Waals surface area contributed by atoms with Crippen molar-refractivity contribution in [1.82, 2.24) is 10.3 Å². The first-order valence-electron chi connectivity index (χ1n) is 5.34. The minimum atomic E-state index is -0.151. The number of carbonyl (C=O) groups is 1. The van der Waals surface area contributed by atoms with Gasteiger partial charge in [-0.25, -0.2) is 0 Å². The minimum absolute atomic E-state index is 0.151. The topological polar surface area (TPSA) is 80.0 Å².